The van der Waals surface area contributed by atoms with E-state index < -0.39 is 11.7 Å². The highest BCUT2D eigenvalue weighted by molar-refractivity contribution is 7.80. The number of halogens is 3. The zero-order valence-electron chi connectivity index (χ0n) is 11.3. The van der Waals surface area contributed by atoms with Crippen LogP contribution in [0.2, 0.25) is 0 Å². The number of nitrogens with one attached hydrogen (secondary N) is 1. The normalized spacial score (nSPS) is 13.1. The highest BCUT2D eigenvalue weighted by atomic mass is 32.1. The van der Waals surface area contributed by atoms with Gasteiger partial charge in [0.25, 0.3) is 0 Å². The van der Waals surface area contributed by atoms with Crippen LogP contribution in [0.5, 0.6) is 0 Å². The van der Waals surface area contributed by atoms with Gasteiger partial charge in [-0.3, -0.25) is 0 Å². The summed E-state index contributed by atoms with van der Waals surface area (Å²) in [7, 11) is 1.54. The lowest BCUT2D eigenvalue weighted by Gasteiger charge is -2.19. The van der Waals surface area contributed by atoms with Gasteiger partial charge in [-0.25, -0.2) is 0 Å². The van der Waals surface area contributed by atoms with Crippen LogP contribution in [0, 0.1) is 0 Å². The summed E-state index contributed by atoms with van der Waals surface area (Å²) in [5, 5.41) is 3.00. The lowest BCUT2D eigenvalue weighted by atomic mass is 10.1. The van der Waals surface area contributed by atoms with Crippen LogP contribution in [0.25, 0.3) is 0 Å². The van der Waals surface area contributed by atoms with Crippen molar-refractivity contribution < 1.29 is 17.9 Å². The fourth-order valence-corrected chi connectivity index (χ4v) is 1.96. The molecular weight excluding hydrogens is 289 g/mol. The molecule has 1 aromatic carbocycles. The summed E-state index contributed by atoms with van der Waals surface area (Å²) in [5.41, 5.74) is 4.69. The highest BCUT2D eigenvalue weighted by Gasteiger charge is 2.34. The molecule has 0 aliphatic rings. The monoisotopic (exact) mass is 306 g/mol. The molecular formula is C13H17F3N2OS. The minimum atomic E-state index is -4.50. The van der Waals surface area contributed by atoms with Gasteiger partial charge in [-0.1, -0.05) is 19.1 Å². The molecule has 0 spiro atoms. The molecule has 0 radical (unpaired) electrons. The molecule has 0 aliphatic carbocycles. The van der Waals surface area contributed by atoms with Gasteiger partial charge in [0.15, 0.2) is 0 Å². The standard InChI is InChI=1S/C13H17F3N2OS/c1-3-8(7-19-2)18-9-4-5-10(12(17)20)11(6-9)13(14,15)16/h4-6,8,18H,3,7H2,1-2H3,(H2,17,20). The van der Waals surface area contributed by atoms with Gasteiger partial charge in [0, 0.05) is 24.4 Å². The number of alkyl halides is 3. The predicted molar refractivity (Wildman–Crippen MR) is 76.9 cm³/mol. The molecule has 0 amide bonds. The first-order valence-electron chi connectivity index (χ1n) is 6.06. The van der Waals surface area contributed by atoms with Gasteiger partial charge in [-0.2, -0.15) is 13.2 Å². The largest absolute Gasteiger partial charge is 0.417 e. The molecule has 1 rings (SSSR count). The molecule has 0 saturated heterocycles. The maximum absolute atomic E-state index is 13.0. The average Bonchev–Trinajstić information content (AvgIpc) is 2.36. The number of nitrogens with two attached hydrogens (primary N) is 1. The lowest BCUT2D eigenvalue weighted by molar-refractivity contribution is -0.137. The van der Waals surface area contributed by atoms with Crippen molar-refractivity contribution in [1.29, 1.82) is 0 Å². The molecule has 0 heterocycles. The molecule has 3 nitrogen and oxygen atoms in total. The average molecular weight is 306 g/mol. The van der Waals surface area contributed by atoms with Crippen molar-refractivity contribution >= 4 is 22.9 Å². The van der Waals surface area contributed by atoms with E-state index in [0.29, 0.717) is 12.3 Å². The maximum Gasteiger partial charge on any atom is 0.417 e. The van der Waals surface area contributed by atoms with Crippen molar-refractivity contribution in [3.8, 4) is 0 Å². The third kappa shape index (κ3) is 4.35. The van der Waals surface area contributed by atoms with E-state index >= 15 is 0 Å². The van der Waals surface area contributed by atoms with Crippen molar-refractivity contribution in [3.05, 3.63) is 29.3 Å². The summed E-state index contributed by atoms with van der Waals surface area (Å²) >= 11 is 4.65. The molecule has 7 heteroatoms. The molecule has 0 saturated carbocycles. The van der Waals surface area contributed by atoms with Crippen molar-refractivity contribution in [2.45, 2.75) is 25.6 Å². The number of rotatable bonds is 6. The van der Waals surface area contributed by atoms with E-state index in [9.17, 15) is 13.2 Å². The van der Waals surface area contributed by atoms with E-state index in [2.05, 4.69) is 17.5 Å². The van der Waals surface area contributed by atoms with Gasteiger partial charge in [0.2, 0.25) is 0 Å². The predicted octanol–water partition coefficient (Wildman–Crippen LogP) is 3.18. The Morgan fingerprint density at radius 1 is 1.45 bits per heavy atom. The first-order chi connectivity index (χ1) is 9.29. The van der Waals surface area contributed by atoms with Gasteiger partial charge in [0.05, 0.1) is 12.2 Å². The number of anilines is 1. The molecule has 0 aliphatic heterocycles. The van der Waals surface area contributed by atoms with E-state index in [1.165, 1.54) is 12.1 Å². The van der Waals surface area contributed by atoms with E-state index in [1.54, 1.807) is 7.11 Å². The summed E-state index contributed by atoms with van der Waals surface area (Å²) in [4.78, 5) is -0.271. The zero-order valence-corrected chi connectivity index (χ0v) is 12.1. The number of benzene rings is 1. The van der Waals surface area contributed by atoms with Crippen molar-refractivity contribution in [1.82, 2.24) is 0 Å². The summed E-state index contributed by atoms with van der Waals surface area (Å²) in [6, 6.07) is 3.78. The molecule has 0 aromatic heterocycles. The van der Waals surface area contributed by atoms with E-state index in [4.69, 9.17) is 10.5 Å². The third-order valence-electron chi connectivity index (χ3n) is 2.82. The molecule has 1 atom stereocenters. The maximum atomic E-state index is 13.0. The first-order valence-corrected chi connectivity index (χ1v) is 6.47. The summed E-state index contributed by atoms with van der Waals surface area (Å²) < 4.78 is 44.0. The number of methoxy groups -OCH3 is 1. The molecule has 20 heavy (non-hydrogen) atoms. The molecule has 0 bridgehead atoms. The summed E-state index contributed by atoms with van der Waals surface area (Å²) in [6.45, 7) is 2.33. The van der Waals surface area contributed by atoms with Crippen LogP contribution in [0.15, 0.2) is 18.2 Å². The second-order valence-corrected chi connectivity index (χ2v) is 4.77. The van der Waals surface area contributed by atoms with Crippen LogP contribution in [0.1, 0.15) is 24.5 Å². The first kappa shape index (κ1) is 16.7. The van der Waals surface area contributed by atoms with Gasteiger partial charge < -0.3 is 15.8 Å². The van der Waals surface area contributed by atoms with E-state index in [0.717, 1.165) is 12.5 Å². The zero-order chi connectivity index (χ0) is 15.3. The van der Waals surface area contributed by atoms with Crippen LogP contribution < -0.4 is 11.1 Å². The summed E-state index contributed by atoms with van der Waals surface area (Å²) in [5.74, 6) is 0. The number of hydrogen-bond acceptors (Lipinski definition) is 3. The van der Waals surface area contributed by atoms with Crippen LogP contribution in [-0.4, -0.2) is 24.7 Å². The van der Waals surface area contributed by atoms with Crippen molar-refractivity contribution in [3.63, 3.8) is 0 Å². The van der Waals surface area contributed by atoms with Gasteiger partial charge in [-0.05, 0) is 24.6 Å². The fraction of sp³-hybridized carbons (Fsp3) is 0.462. The Morgan fingerprint density at radius 3 is 2.55 bits per heavy atom. The summed E-state index contributed by atoms with van der Waals surface area (Å²) in [6.07, 6.45) is -3.77. The van der Waals surface area contributed by atoms with E-state index in [-0.39, 0.29) is 16.6 Å². The fourth-order valence-electron chi connectivity index (χ4n) is 1.78. The van der Waals surface area contributed by atoms with E-state index in [1.807, 2.05) is 6.92 Å². The second kappa shape index (κ2) is 6.90. The Bertz CT molecular complexity index is 477. The lowest BCUT2D eigenvalue weighted by Crippen LogP contribution is -2.24. The van der Waals surface area contributed by atoms with Gasteiger partial charge in [0.1, 0.15) is 4.99 Å². The van der Waals surface area contributed by atoms with Crippen molar-refractivity contribution in [2.24, 2.45) is 5.73 Å². The Morgan fingerprint density at radius 2 is 2.10 bits per heavy atom. The van der Waals surface area contributed by atoms with Crippen LogP contribution in [0.4, 0.5) is 18.9 Å². The number of ether oxygens (including phenoxy) is 1. The van der Waals surface area contributed by atoms with Crippen molar-refractivity contribution in [2.75, 3.05) is 19.0 Å². The third-order valence-corrected chi connectivity index (χ3v) is 3.04. The minimum absolute atomic E-state index is 0.0586. The number of hydrogen-bond donors (Lipinski definition) is 2. The Kier molecular flexibility index (Phi) is 5.76. The molecule has 3 N–H and O–H groups in total. The Labute approximate surface area is 121 Å². The Balaban J connectivity index is 3.10. The highest BCUT2D eigenvalue weighted by Crippen LogP contribution is 2.34. The SMILES string of the molecule is CCC(COC)Nc1ccc(C(N)=S)c(C(F)(F)F)c1. The molecule has 1 unspecified atom stereocenters. The van der Waals surface area contributed by atoms with Gasteiger partial charge in [-0.15, -0.1) is 0 Å². The molecule has 0 fully saturated rings. The topological polar surface area (TPSA) is 47.3 Å². The van der Waals surface area contributed by atoms with Crippen LogP contribution in [-0.2, 0) is 10.9 Å². The van der Waals surface area contributed by atoms with Crippen LogP contribution >= 0.6 is 12.2 Å². The quantitative estimate of drug-likeness (QED) is 0.793. The number of thiocarbonyl (C=S) groups is 1. The van der Waals surface area contributed by atoms with Crippen LogP contribution in [0.3, 0.4) is 0 Å². The van der Waals surface area contributed by atoms with Gasteiger partial charge >= 0.3 is 6.18 Å². The smallest absolute Gasteiger partial charge is 0.389 e. The minimum Gasteiger partial charge on any atom is -0.389 e. The Hall–Kier alpha value is -1.34. The molecule has 112 valence electrons. The molecule has 1 aromatic rings. The second-order valence-electron chi connectivity index (χ2n) is 4.33.